The van der Waals surface area contributed by atoms with Crippen molar-refractivity contribution >= 4 is 23.4 Å². The van der Waals surface area contributed by atoms with Crippen LogP contribution in [0.4, 0.5) is 0 Å². The van der Waals surface area contributed by atoms with Gasteiger partial charge in [-0.15, -0.1) is 11.8 Å². The molecule has 0 saturated heterocycles. The lowest BCUT2D eigenvalue weighted by Crippen LogP contribution is -1.96. The van der Waals surface area contributed by atoms with E-state index in [2.05, 4.69) is 10.1 Å². The Morgan fingerprint density at radius 2 is 2.19 bits per heavy atom. The number of benzene rings is 1. The number of nitrogens with zero attached hydrogens (tertiary/aromatic N) is 2. The Labute approximate surface area is 102 Å². The van der Waals surface area contributed by atoms with Crippen LogP contribution in [-0.4, -0.2) is 10.1 Å². The molecule has 0 aliphatic carbocycles. The maximum absolute atomic E-state index is 6.02. The van der Waals surface area contributed by atoms with Crippen molar-refractivity contribution in [1.82, 2.24) is 10.1 Å². The molecular formula is C10H10ClN3OS. The number of halogens is 1. The van der Waals surface area contributed by atoms with Gasteiger partial charge in [-0.25, -0.2) is 0 Å². The predicted octanol–water partition coefficient (Wildman–Crippen LogP) is 2.47. The van der Waals surface area contributed by atoms with Crippen LogP contribution in [-0.2, 0) is 12.3 Å². The molecule has 0 aliphatic heterocycles. The zero-order valence-electron chi connectivity index (χ0n) is 8.39. The Morgan fingerprint density at radius 1 is 1.38 bits per heavy atom. The fraction of sp³-hybridized carbons (Fsp3) is 0.200. The highest BCUT2D eigenvalue weighted by Crippen LogP contribution is 2.28. The third-order valence-corrected chi connectivity index (χ3v) is 3.39. The van der Waals surface area contributed by atoms with E-state index in [1.807, 2.05) is 24.3 Å². The first-order valence-electron chi connectivity index (χ1n) is 4.68. The van der Waals surface area contributed by atoms with Crippen molar-refractivity contribution in [2.45, 2.75) is 17.2 Å². The number of rotatable bonds is 4. The summed E-state index contributed by atoms with van der Waals surface area (Å²) >= 11 is 7.58. The summed E-state index contributed by atoms with van der Waals surface area (Å²) in [6, 6.07) is 7.64. The summed E-state index contributed by atoms with van der Waals surface area (Å²) in [5, 5.41) is 4.53. The molecule has 0 spiro atoms. The van der Waals surface area contributed by atoms with Crippen molar-refractivity contribution in [3.8, 4) is 0 Å². The molecule has 0 radical (unpaired) electrons. The van der Waals surface area contributed by atoms with Gasteiger partial charge in [-0.2, -0.15) is 4.98 Å². The average molecular weight is 256 g/mol. The van der Waals surface area contributed by atoms with Crippen molar-refractivity contribution in [1.29, 1.82) is 0 Å². The third-order valence-electron chi connectivity index (χ3n) is 1.88. The minimum Gasteiger partial charge on any atom is -0.338 e. The summed E-state index contributed by atoms with van der Waals surface area (Å²) in [5.74, 6) is 1.70. The van der Waals surface area contributed by atoms with E-state index in [1.165, 1.54) is 0 Å². The molecule has 1 heterocycles. The molecule has 0 amide bonds. The van der Waals surface area contributed by atoms with Gasteiger partial charge in [-0.1, -0.05) is 28.9 Å². The van der Waals surface area contributed by atoms with E-state index in [4.69, 9.17) is 21.9 Å². The Hall–Kier alpha value is -1.04. The quantitative estimate of drug-likeness (QED) is 0.851. The Balaban J connectivity index is 1.99. The lowest BCUT2D eigenvalue weighted by molar-refractivity contribution is 0.376. The highest BCUT2D eigenvalue weighted by atomic mass is 35.5. The maximum atomic E-state index is 6.02. The minimum atomic E-state index is 0.268. The fourth-order valence-electron chi connectivity index (χ4n) is 1.14. The molecule has 16 heavy (non-hydrogen) atoms. The van der Waals surface area contributed by atoms with Gasteiger partial charge < -0.3 is 10.3 Å². The van der Waals surface area contributed by atoms with E-state index in [-0.39, 0.29) is 6.54 Å². The molecule has 0 unspecified atom stereocenters. The first-order chi connectivity index (χ1) is 7.79. The smallest absolute Gasteiger partial charge is 0.240 e. The van der Waals surface area contributed by atoms with Gasteiger partial charge in [0.1, 0.15) is 0 Å². The molecule has 0 fully saturated rings. The summed E-state index contributed by atoms with van der Waals surface area (Å²) < 4.78 is 4.90. The van der Waals surface area contributed by atoms with Gasteiger partial charge in [0.25, 0.3) is 0 Å². The normalized spacial score (nSPS) is 10.6. The molecule has 0 atom stereocenters. The van der Waals surface area contributed by atoms with Crippen molar-refractivity contribution < 1.29 is 4.52 Å². The Bertz CT molecular complexity index is 475. The lowest BCUT2D eigenvalue weighted by atomic mass is 10.4. The summed E-state index contributed by atoms with van der Waals surface area (Å²) in [4.78, 5) is 5.11. The maximum Gasteiger partial charge on any atom is 0.240 e. The zero-order chi connectivity index (χ0) is 11.4. The molecule has 2 rings (SSSR count). The SMILES string of the molecule is NCc1nc(CSc2ccccc2Cl)no1. The highest BCUT2D eigenvalue weighted by Gasteiger charge is 2.06. The molecule has 2 N–H and O–H groups in total. The number of hydrogen-bond donors (Lipinski definition) is 1. The van der Waals surface area contributed by atoms with Crippen LogP contribution in [0.15, 0.2) is 33.7 Å². The number of nitrogens with two attached hydrogens (primary N) is 1. The third kappa shape index (κ3) is 2.75. The van der Waals surface area contributed by atoms with E-state index < -0.39 is 0 Å². The first-order valence-corrected chi connectivity index (χ1v) is 6.05. The molecule has 0 aliphatic rings. The van der Waals surface area contributed by atoms with Gasteiger partial charge in [-0.3, -0.25) is 0 Å². The summed E-state index contributed by atoms with van der Waals surface area (Å²) in [6.07, 6.45) is 0. The zero-order valence-corrected chi connectivity index (χ0v) is 9.96. The first kappa shape index (κ1) is 11.4. The standard InChI is InChI=1S/C10H10ClN3OS/c11-7-3-1-2-4-8(7)16-6-9-13-10(5-12)15-14-9/h1-4H,5-6,12H2. The topological polar surface area (TPSA) is 64.9 Å². The fourth-order valence-corrected chi connectivity index (χ4v) is 2.22. The minimum absolute atomic E-state index is 0.268. The van der Waals surface area contributed by atoms with Crippen LogP contribution in [0, 0.1) is 0 Å². The molecular weight excluding hydrogens is 246 g/mol. The van der Waals surface area contributed by atoms with Crippen molar-refractivity contribution in [3.63, 3.8) is 0 Å². The van der Waals surface area contributed by atoms with Crippen molar-refractivity contribution in [2.24, 2.45) is 5.73 Å². The Kier molecular flexibility index (Phi) is 3.82. The van der Waals surface area contributed by atoms with Gasteiger partial charge in [-0.05, 0) is 12.1 Å². The van der Waals surface area contributed by atoms with Crippen LogP contribution in [0.25, 0.3) is 0 Å². The highest BCUT2D eigenvalue weighted by molar-refractivity contribution is 7.98. The molecule has 1 aromatic carbocycles. The van der Waals surface area contributed by atoms with Crippen LogP contribution < -0.4 is 5.73 Å². The summed E-state index contributed by atoms with van der Waals surface area (Å²) in [5.41, 5.74) is 5.37. The van der Waals surface area contributed by atoms with Crippen molar-refractivity contribution in [2.75, 3.05) is 0 Å². The van der Waals surface area contributed by atoms with Crippen LogP contribution in [0.1, 0.15) is 11.7 Å². The van der Waals surface area contributed by atoms with Crippen molar-refractivity contribution in [3.05, 3.63) is 41.0 Å². The molecule has 2 aromatic rings. The second-order valence-electron chi connectivity index (χ2n) is 3.03. The van der Waals surface area contributed by atoms with Crippen LogP contribution in [0.2, 0.25) is 5.02 Å². The van der Waals surface area contributed by atoms with E-state index in [0.717, 1.165) is 9.92 Å². The molecule has 6 heteroatoms. The molecule has 84 valence electrons. The predicted molar refractivity (Wildman–Crippen MR) is 63.2 cm³/mol. The second-order valence-corrected chi connectivity index (χ2v) is 4.45. The monoisotopic (exact) mass is 255 g/mol. The van der Waals surface area contributed by atoms with Crippen LogP contribution >= 0.6 is 23.4 Å². The molecule has 1 aromatic heterocycles. The molecule has 0 bridgehead atoms. The lowest BCUT2D eigenvalue weighted by Gasteiger charge is -2.00. The van der Waals surface area contributed by atoms with Gasteiger partial charge in [0.05, 0.1) is 17.3 Å². The van der Waals surface area contributed by atoms with Crippen LogP contribution in [0.3, 0.4) is 0 Å². The van der Waals surface area contributed by atoms with Gasteiger partial charge in [0.2, 0.25) is 5.89 Å². The van der Waals surface area contributed by atoms with Crippen LogP contribution in [0.5, 0.6) is 0 Å². The van der Waals surface area contributed by atoms with E-state index in [0.29, 0.717) is 17.5 Å². The number of aromatic nitrogens is 2. The van der Waals surface area contributed by atoms with E-state index >= 15 is 0 Å². The number of thioether (sulfide) groups is 1. The Morgan fingerprint density at radius 3 is 2.88 bits per heavy atom. The van der Waals surface area contributed by atoms with Gasteiger partial charge in [0.15, 0.2) is 5.82 Å². The largest absolute Gasteiger partial charge is 0.338 e. The van der Waals surface area contributed by atoms with Gasteiger partial charge in [0, 0.05) is 4.90 Å². The summed E-state index contributed by atoms with van der Waals surface area (Å²) in [6.45, 7) is 0.268. The molecule has 4 nitrogen and oxygen atoms in total. The van der Waals surface area contributed by atoms with Gasteiger partial charge >= 0.3 is 0 Å². The second kappa shape index (κ2) is 5.34. The van der Waals surface area contributed by atoms with E-state index in [1.54, 1.807) is 11.8 Å². The number of hydrogen-bond acceptors (Lipinski definition) is 5. The summed E-state index contributed by atoms with van der Waals surface area (Å²) in [7, 11) is 0. The van der Waals surface area contributed by atoms with E-state index in [9.17, 15) is 0 Å². The molecule has 0 saturated carbocycles. The average Bonchev–Trinajstić information content (AvgIpc) is 2.76.